The van der Waals surface area contributed by atoms with Crippen molar-refractivity contribution in [2.24, 2.45) is 11.8 Å². The van der Waals surface area contributed by atoms with Crippen molar-refractivity contribution in [2.45, 2.75) is 32.6 Å². The molecule has 2 unspecified atom stereocenters. The van der Waals surface area contributed by atoms with Crippen molar-refractivity contribution in [3.63, 3.8) is 0 Å². The van der Waals surface area contributed by atoms with E-state index in [1.807, 2.05) is 19.1 Å². The number of nitrogens with one attached hydrogen (secondary N) is 1. The molecule has 1 aromatic heterocycles. The molecule has 4 heteroatoms. The van der Waals surface area contributed by atoms with Crippen LogP contribution in [-0.2, 0) is 4.79 Å². The fourth-order valence-electron chi connectivity index (χ4n) is 2.78. The highest BCUT2D eigenvalue weighted by molar-refractivity contribution is 5.91. The molecule has 2 rings (SSSR count). The van der Waals surface area contributed by atoms with Crippen molar-refractivity contribution in [3.05, 3.63) is 29.7 Å². The number of aliphatic hydroxyl groups is 1. The SMILES string of the molecule is Cc1ccc(C=CC(=O)NCC2CCCCC2CO)o1. The third-order valence-corrected chi connectivity index (χ3v) is 4.00. The van der Waals surface area contributed by atoms with Crippen LogP contribution in [0.2, 0.25) is 0 Å². The molecule has 1 aromatic rings. The second-order valence-corrected chi connectivity index (χ2v) is 5.51. The molecule has 0 aromatic carbocycles. The molecule has 1 saturated carbocycles. The van der Waals surface area contributed by atoms with Crippen molar-refractivity contribution in [3.8, 4) is 0 Å². The first-order chi connectivity index (χ1) is 9.69. The van der Waals surface area contributed by atoms with Crippen LogP contribution in [0.5, 0.6) is 0 Å². The van der Waals surface area contributed by atoms with E-state index in [1.54, 1.807) is 6.08 Å². The van der Waals surface area contributed by atoms with Crippen LogP contribution in [0.25, 0.3) is 6.08 Å². The molecular formula is C16H23NO3. The summed E-state index contributed by atoms with van der Waals surface area (Å²) < 4.78 is 5.36. The summed E-state index contributed by atoms with van der Waals surface area (Å²) in [5.74, 6) is 2.14. The molecule has 0 aliphatic heterocycles. The zero-order chi connectivity index (χ0) is 14.4. The van der Waals surface area contributed by atoms with Crippen LogP contribution in [0.4, 0.5) is 0 Å². The van der Waals surface area contributed by atoms with Gasteiger partial charge in [0.2, 0.25) is 5.91 Å². The Balaban J connectivity index is 1.78. The minimum atomic E-state index is -0.110. The van der Waals surface area contributed by atoms with E-state index >= 15 is 0 Å². The van der Waals surface area contributed by atoms with Crippen LogP contribution < -0.4 is 5.32 Å². The Bertz CT molecular complexity index is 464. The van der Waals surface area contributed by atoms with Gasteiger partial charge in [-0.05, 0) is 49.8 Å². The van der Waals surface area contributed by atoms with Gasteiger partial charge >= 0.3 is 0 Å². The van der Waals surface area contributed by atoms with Crippen molar-refractivity contribution in [1.82, 2.24) is 5.32 Å². The maximum Gasteiger partial charge on any atom is 0.244 e. The minimum absolute atomic E-state index is 0.110. The number of carbonyl (C=O) groups is 1. The van der Waals surface area contributed by atoms with Crippen molar-refractivity contribution < 1.29 is 14.3 Å². The van der Waals surface area contributed by atoms with Crippen LogP contribution in [0.1, 0.15) is 37.2 Å². The monoisotopic (exact) mass is 277 g/mol. The third-order valence-electron chi connectivity index (χ3n) is 4.00. The Morgan fingerprint density at radius 1 is 1.40 bits per heavy atom. The summed E-state index contributed by atoms with van der Waals surface area (Å²) in [7, 11) is 0. The van der Waals surface area contributed by atoms with Crippen LogP contribution >= 0.6 is 0 Å². The lowest BCUT2D eigenvalue weighted by atomic mass is 9.79. The van der Waals surface area contributed by atoms with Crippen LogP contribution in [-0.4, -0.2) is 24.2 Å². The van der Waals surface area contributed by atoms with Gasteiger partial charge in [-0.25, -0.2) is 0 Å². The standard InChI is InChI=1S/C16H23NO3/c1-12-6-7-15(20-12)8-9-16(19)17-10-13-4-2-3-5-14(13)11-18/h6-9,13-14,18H,2-5,10-11H2,1H3,(H,17,19). The topological polar surface area (TPSA) is 62.5 Å². The molecule has 1 aliphatic rings. The van der Waals surface area contributed by atoms with Gasteiger partial charge in [-0.1, -0.05) is 12.8 Å². The number of carbonyl (C=O) groups excluding carboxylic acids is 1. The molecule has 0 bridgehead atoms. The van der Waals surface area contributed by atoms with E-state index < -0.39 is 0 Å². The van der Waals surface area contributed by atoms with E-state index in [0.717, 1.165) is 18.6 Å². The predicted molar refractivity (Wildman–Crippen MR) is 78.0 cm³/mol. The van der Waals surface area contributed by atoms with Gasteiger partial charge in [0.25, 0.3) is 0 Å². The summed E-state index contributed by atoms with van der Waals surface area (Å²) >= 11 is 0. The molecule has 0 radical (unpaired) electrons. The molecule has 110 valence electrons. The van der Waals surface area contributed by atoms with E-state index in [1.165, 1.54) is 18.9 Å². The summed E-state index contributed by atoms with van der Waals surface area (Å²) in [6.07, 6.45) is 7.71. The summed E-state index contributed by atoms with van der Waals surface area (Å²) in [5, 5.41) is 12.3. The number of aryl methyl sites for hydroxylation is 1. The van der Waals surface area contributed by atoms with Gasteiger partial charge in [0.05, 0.1) is 0 Å². The summed E-state index contributed by atoms with van der Waals surface area (Å²) in [4.78, 5) is 11.8. The second kappa shape index (κ2) is 7.29. The number of amides is 1. The molecule has 2 atom stereocenters. The fraction of sp³-hybridized carbons (Fsp3) is 0.562. The molecule has 4 nitrogen and oxygen atoms in total. The fourth-order valence-corrected chi connectivity index (χ4v) is 2.78. The minimum Gasteiger partial charge on any atom is -0.462 e. The zero-order valence-electron chi connectivity index (χ0n) is 12.0. The lowest BCUT2D eigenvalue weighted by Crippen LogP contribution is -2.34. The number of furan rings is 1. The average molecular weight is 277 g/mol. The maximum absolute atomic E-state index is 11.8. The zero-order valence-corrected chi connectivity index (χ0v) is 12.0. The van der Waals surface area contributed by atoms with Crippen molar-refractivity contribution in [2.75, 3.05) is 13.2 Å². The highest BCUT2D eigenvalue weighted by Gasteiger charge is 2.24. The summed E-state index contributed by atoms with van der Waals surface area (Å²) in [6.45, 7) is 2.74. The first kappa shape index (κ1) is 14.9. The van der Waals surface area contributed by atoms with Crippen molar-refractivity contribution >= 4 is 12.0 Å². The quantitative estimate of drug-likeness (QED) is 0.813. The van der Waals surface area contributed by atoms with Gasteiger partial charge in [0, 0.05) is 19.2 Å². The number of hydrogen-bond acceptors (Lipinski definition) is 3. The molecule has 20 heavy (non-hydrogen) atoms. The van der Waals surface area contributed by atoms with E-state index in [9.17, 15) is 9.90 Å². The Hall–Kier alpha value is -1.55. The molecule has 1 fully saturated rings. The predicted octanol–water partition coefficient (Wildman–Crippen LogP) is 2.52. The maximum atomic E-state index is 11.8. The van der Waals surface area contributed by atoms with Gasteiger partial charge in [0.1, 0.15) is 11.5 Å². The molecular weight excluding hydrogens is 254 g/mol. The summed E-state index contributed by atoms with van der Waals surface area (Å²) in [5.41, 5.74) is 0. The molecule has 2 N–H and O–H groups in total. The van der Waals surface area contributed by atoms with E-state index in [0.29, 0.717) is 24.1 Å². The number of rotatable bonds is 5. The van der Waals surface area contributed by atoms with E-state index in [2.05, 4.69) is 5.32 Å². The highest BCUT2D eigenvalue weighted by atomic mass is 16.3. The van der Waals surface area contributed by atoms with Gasteiger partial charge in [0.15, 0.2) is 0 Å². The van der Waals surface area contributed by atoms with Crippen molar-refractivity contribution in [1.29, 1.82) is 0 Å². The first-order valence-corrected chi connectivity index (χ1v) is 7.32. The molecule has 1 heterocycles. The van der Waals surface area contributed by atoms with Crippen LogP contribution in [0.15, 0.2) is 22.6 Å². The first-order valence-electron chi connectivity index (χ1n) is 7.32. The molecule has 1 aliphatic carbocycles. The van der Waals surface area contributed by atoms with E-state index in [-0.39, 0.29) is 12.5 Å². The highest BCUT2D eigenvalue weighted by Crippen LogP contribution is 2.29. The Labute approximate surface area is 119 Å². The smallest absolute Gasteiger partial charge is 0.244 e. The Morgan fingerprint density at radius 3 is 2.80 bits per heavy atom. The van der Waals surface area contributed by atoms with Crippen LogP contribution in [0.3, 0.4) is 0 Å². The normalized spacial score (nSPS) is 23.1. The van der Waals surface area contributed by atoms with Crippen LogP contribution in [0, 0.1) is 18.8 Å². The molecule has 0 spiro atoms. The van der Waals surface area contributed by atoms with Gasteiger partial charge in [-0.3, -0.25) is 4.79 Å². The van der Waals surface area contributed by atoms with Gasteiger partial charge in [-0.2, -0.15) is 0 Å². The Kier molecular flexibility index (Phi) is 5.41. The average Bonchev–Trinajstić information content (AvgIpc) is 2.89. The number of hydrogen-bond donors (Lipinski definition) is 2. The van der Waals surface area contributed by atoms with Gasteiger partial charge < -0.3 is 14.8 Å². The second-order valence-electron chi connectivity index (χ2n) is 5.51. The number of aliphatic hydroxyl groups excluding tert-OH is 1. The Morgan fingerprint density at radius 2 is 2.15 bits per heavy atom. The van der Waals surface area contributed by atoms with Gasteiger partial charge in [-0.15, -0.1) is 0 Å². The summed E-state index contributed by atoms with van der Waals surface area (Å²) in [6, 6.07) is 3.70. The third kappa shape index (κ3) is 4.23. The molecule has 0 saturated heterocycles. The van der Waals surface area contributed by atoms with E-state index in [4.69, 9.17) is 4.42 Å². The lowest BCUT2D eigenvalue weighted by Gasteiger charge is -2.30. The largest absolute Gasteiger partial charge is 0.462 e. The molecule has 1 amide bonds. The lowest BCUT2D eigenvalue weighted by molar-refractivity contribution is -0.116.